The lowest BCUT2D eigenvalue weighted by atomic mass is 10.2. The van der Waals surface area contributed by atoms with E-state index in [2.05, 4.69) is 11.1 Å². The highest BCUT2D eigenvalue weighted by Crippen LogP contribution is 2.34. The Bertz CT molecular complexity index is 728. The van der Waals surface area contributed by atoms with E-state index in [-0.39, 0.29) is 22.1 Å². The van der Waals surface area contributed by atoms with Crippen molar-refractivity contribution in [2.24, 2.45) is 0 Å². The van der Waals surface area contributed by atoms with Gasteiger partial charge in [-0.05, 0) is 38.1 Å². The van der Waals surface area contributed by atoms with Gasteiger partial charge in [0.05, 0.1) is 16.1 Å². The smallest absolute Gasteiger partial charge is 0.255 e. The fourth-order valence-electron chi connectivity index (χ4n) is 2.13. The second-order valence-corrected chi connectivity index (χ2v) is 6.43. The van der Waals surface area contributed by atoms with Gasteiger partial charge in [0, 0.05) is 17.3 Å². The van der Waals surface area contributed by atoms with Crippen LogP contribution in [0.25, 0.3) is 0 Å². The number of rotatable bonds is 7. The van der Waals surface area contributed by atoms with Gasteiger partial charge in [0.1, 0.15) is 18.9 Å². The quantitative estimate of drug-likeness (QED) is 0.765. The van der Waals surface area contributed by atoms with Gasteiger partial charge in [-0.15, -0.1) is 0 Å². The van der Waals surface area contributed by atoms with Gasteiger partial charge in [-0.25, -0.2) is 0 Å². The lowest BCUT2D eigenvalue weighted by Gasteiger charge is -2.13. The molecule has 0 saturated heterocycles. The summed E-state index contributed by atoms with van der Waals surface area (Å²) in [7, 11) is 0. The van der Waals surface area contributed by atoms with Crippen LogP contribution in [-0.2, 0) is 0 Å². The van der Waals surface area contributed by atoms with Crippen LogP contribution in [0.3, 0.4) is 0 Å². The van der Waals surface area contributed by atoms with E-state index in [1.54, 1.807) is 12.1 Å². The van der Waals surface area contributed by atoms with Gasteiger partial charge in [0.2, 0.25) is 0 Å². The maximum Gasteiger partial charge on any atom is 0.255 e. The van der Waals surface area contributed by atoms with Crippen LogP contribution in [0.2, 0.25) is 10.0 Å². The first kappa shape index (κ1) is 19.4. The summed E-state index contributed by atoms with van der Waals surface area (Å²) in [4.78, 5) is 12.5. The Morgan fingerprint density at radius 2 is 1.88 bits per heavy atom. The summed E-state index contributed by atoms with van der Waals surface area (Å²) in [6, 6.07) is 10.2. The zero-order valence-corrected chi connectivity index (χ0v) is 15.7. The molecule has 0 aliphatic carbocycles. The standard InChI is InChI=1S/C18H20Cl2N2O3/c1-11(2)25-14-5-3-4-13(10-14)22-18(23)12-8-15(19)17(16(20)9-12)24-7-6-21/h3-5,8-11H,6-7,21H2,1-2H3,(H,22,23)/p+1. The van der Waals surface area contributed by atoms with Crippen LogP contribution in [0.4, 0.5) is 5.69 Å². The summed E-state index contributed by atoms with van der Waals surface area (Å²) in [5.74, 6) is 0.714. The third-order valence-electron chi connectivity index (χ3n) is 3.11. The number of anilines is 1. The van der Waals surface area contributed by atoms with E-state index in [4.69, 9.17) is 32.7 Å². The van der Waals surface area contributed by atoms with Crippen molar-refractivity contribution < 1.29 is 20.0 Å². The predicted octanol–water partition coefficient (Wildman–Crippen LogP) is 3.65. The number of nitrogens with one attached hydrogen (secondary N) is 1. The minimum atomic E-state index is -0.325. The maximum absolute atomic E-state index is 12.5. The Morgan fingerprint density at radius 1 is 1.20 bits per heavy atom. The predicted molar refractivity (Wildman–Crippen MR) is 99.9 cm³/mol. The Labute approximate surface area is 157 Å². The third-order valence-corrected chi connectivity index (χ3v) is 3.68. The second kappa shape index (κ2) is 8.94. The van der Waals surface area contributed by atoms with Crippen molar-refractivity contribution in [1.82, 2.24) is 0 Å². The molecule has 0 aliphatic rings. The topological polar surface area (TPSA) is 75.2 Å². The molecule has 0 aliphatic heterocycles. The SMILES string of the molecule is CC(C)Oc1cccc(NC(=O)c2cc(Cl)c(OCC[NH3+])c(Cl)c2)c1. The number of hydrogen-bond acceptors (Lipinski definition) is 3. The highest BCUT2D eigenvalue weighted by Gasteiger charge is 2.15. The number of carbonyl (C=O) groups is 1. The van der Waals surface area contributed by atoms with E-state index in [9.17, 15) is 4.79 Å². The molecule has 2 aromatic carbocycles. The first-order valence-electron chi connectivity index (χ1n) is 7.90. The minimum absolute atomic E-state index is 0.0504. The molecular formula is C18H21Cl2N2O3+. The molecule has 0 spiro atoms. The van der Waals surface area contributed by atoms with Crippen LogP contribution in [0, 0.1) is 0 Å². The molecule has 1 amide bonds. The van der Waals surface area contributed by atoms with E-state index in [1.807, 2.05) is 26.0 Å². The van der Waals surface area contributed by atoms with Gasteiger partial charge in [-0.2, -0.15) is 0 Å². The summed E-state index contributed by atoms with van der Waals surface area (Å²) < 4.78 is 11.1. The first-order chi connectivity index (χ1) is 11.9. The van der Waals surface area contributed by atoms with Crippen LogP contribution >= 0.6 is 23.2 Å². The fraction of sp³-hybridized carbons (Fsp3) is 0.278. The third kappa shape index (κ3) is 5.53. The molecule has 0 fully saturated rings. The van der Waals surface area contributed by atoms with Crippen molar-refractivity contribution >= 4 is 34.8 Å². The normalized spacial score (nSPS) is 10.6. The Balaban J connectivity index is 2.16. The van der Waals surface area contributed by atoms with Gasteiger partial charge < -0.3 is 20.5 Å². The second-order valence-electron chi connectivity index (χ2n) is 5.62. The van der Waals surface area contributed by atoms with E-state index in [0.29, 0.717) is 35.9 Å². The van der Waals surface area contributed by atoms with Crippen molar-refractivity contribution in [2.45, 2.75) is 20.0 Å². The van der Waals surface area contributed by atoms with E-state index in [1.165, 1.54) is 12.1 Å². The molecule has 5 nitrogen and oxygen atoms in total. The molecule has 0 bridgehead atoms. The summed E-state index contributed by atoms with van der Waals surface area (Å²) in [6.45, 7) is 4.86. The zero-order chi connectivity index (χ0) is 18.4. The lowest BCUT2D eigenvalue weighted by molar-refractivity contribution is -0.370. The van der Waals surface area contributed by atoms with Gasteiger partial charge >= 0.3 is 0 Å². The van der Waals surface area contributed by atoms with Crippen molar-refractivity contribution in [3.05, 3.63) is 52.0 Å². The summed E-state index contributed by atoms with van der Waals surface area (Å²) in [6.07, 6.45) is 0.0504. The number of hydrogen-bond donors (Lipinski definition) is 2. The Hall–Kier alpha value is -1.95. The summed E-state index contributed by atoms with van der Waals surface area (Å²) >= 11 is 12.3. The molecule has 0 aromatic heterocycles. The van der Waals surface area contributed by atoms with E-state index >= 15 is 0 Å². The molecule has 0 atom stereocenters. The van der Waals surface area contributed by atoms with Crippen molar-refractivity contribution in [2.75, 3.05) is 18.5 Å². The van der Waals surface area contributed by atoms with Crippen molar-refractivity contribution in [3.8, 4) is 11.5 Å². The van der Waals surface area contributed by atoms with Gasteiger partial charge in [0.15, 0.2) is 5.75 Å². The maximum atomic E-state index is 12.5. The molecule has 25 heavy (non-hydrogen) atoms. The Kier molecular flexibility index (Phi) is 6.93. The molecule has 0 unspecified atom stereocenters. The molecule has 0 heterocycles. The van der Waals surface area contributed by atoms with Crippen LogP contribution in [0.1, 0.15) is 24.2 Å². The summed E-state index contributed by atoms with van der Waals surface area (Å²) in [5.41, 5.74) is 4.65. The summed E-state index contributed by atoms with van der Waals surface area (Å²) in [5, 5.41) is 3.36. The zero-order valence-electron chi connectivity index (χ0n) is 14.1. The first-order valence-corrected chi connectivity index (χ1v) is 8.65. The van der Waals surface area contributed by atoms with Crippen molar-refractivity contribution in [1.29, 1.82) is 0 Å². The van der Waals surface area contributed by atoms with Crippen LogP contribution in [0.5, 0.6) is 11.5 Å². The molecular weight excluding hydrogens is 363 g/mol. The van der Waals surface area contributed by atoms with Gasteiger partial charge in [-0.1, -0.05) is 29.3 Å². The monoisotopic (exact) mass is 383 g/mol. The van der Waals surface area contributed by atoms with Crippen molar-refractivity contribution in [3.63, 3.8) is 0 Å². The average molecular weight is 384 g/mol. The molecule has 2 rings (SSSR count). The molecule has 4 N–H and O–H groups in total. The van der Waals surface area contributed by atoms with Crippen LogP contribution in [0.15, 0.2) is 36.4 Å². The number of amides is 1. The number of carbonyl (C=O) groups excluding carboxylic acids is 1. The lowest BCUT2D eigenvalue weighted by Crippen LogP contribution is -2.52. The van der Waals surface area contributed by atoms with E-state index in [0.717, 1.165) is 0 Å². The largest absolute Gasteiger partial charge is 0.491 e. The Morgan fingerprint density at radius 3 is 2.48 bits per heavy atom. The number of benzene rings is 2. The van der Waals surface area contributed by atoms with E-state index < -0.39 is 0 Å². The molecule has 0 saturated carbocycles. The highest BCUT2D eigenvalue weighted by atomic mass is 35.5. The van der Waals surface area contributed by atoms with Gasteiger partial charge in [0.25, 0.3) is 5.91 Å². The molecule has 0 radical (unpaired) electrons. The number of quaternary nitrogens is 1. The average Bonchev–Trinajstić information content (AvgIpc) is 2.53. The molecule has 134 valence electrons. The van der Waals surface area contributed by atoms with Crippen LogP contribution in [-0.4, -0.2) is 25.2 Å². The van der Waals surface area contributed by atoms with Crippen LogP contribution < -0.4 is 20.5 Å². The molecule has 7 heteroatoms. The highest BCUT2D eigenvalue weighted by molar-refractivity contribution is 6.37. The fourth-order valence-corrected chi connectivity index (χ4v) is 2.72. The number of halogens is 2. The van der Waals surface area contributed by atoms with Gasteiger partial charge in [-0.3, -0.25) is 4.79 Å². The number of ether oxygens (including phenoxy) is 2. The minimum Gasteiger partial charge on any atom is -0.491 e. The molecule has 2 aromatic rings.